The predicted octanol–water partition coefficient (Wildman–Crippen LogP) is 2.15. The number of hydrogen-bond donors (Lipinski definition) is 2. The van der Waals surface area contributed by atoms with Crippen LogP contribution in [-0.2, 0) is 11.2 Å². The number of hydrogen-bond acceptors (Lipinski definition) is 2. The molecule has 0 bridgehead atoms. The van der Waals surface area contributed by atoms with E-state index in [1.54, 1.807) is 14.2 Å². The van der Waals surface area contributed by atoms with Crippen LogP contribution < -0.4 is 10.6 Å². The van der Waals surface area contributed by atoms with Gasteiger partial charge in [-0.3, -0.25) is 4.99 Å². The van der Waals surface area contributed by atoms with Crippen molar-refractivity contribution in [3.8, 4) is 0 Å². The van der Waals surface area contributed by atoms with Gasteiger partial charge in [0, 0.05) is 39.8 Å². The molecule has 0 radical (unpaired) electrons. The number of ether oxygens (including phenoxy) is 1. The first kappa shape index (κ1) is 17.2. The summed E-state index contributed by atoms with van der Waals surface area (Å²) in [5, 5.41) is 6.68. The summed E-state index contributed by atoms with van der Waals surface area (Å²) in [6, 6.07) is 8.66. The molecule has 2 N–H and O–H groups in total. The standard InChI is InChI=1S/C15H23N3O.HI/c1-16-15(17-8-5-9-19-2)18-11-13-10-12-6-3-4-7-14(12)13;/h3-4,6-7,13H,5,8-11H2,1-2H3,(H2,16,17,18);1H. The van der Waals surface area contributed by atoms with E-state index >= 15 is 0 Å². The van der Waals surface area contributed by atoms with E-state index in [4.69, 9.17) is 4.74 Å². The summed E-state index contributed by atoms with van der Waals surface area (Å²) in [6.07, 6.45) is 2.16. The van der Waals surface area contributed by atoms with Gasteiger partial charge in [-0.05, 0) is 24.0 Å². The Morgan fingerprint density at radius 3 is 2.85 bits per heavy atom. The number of rotatable bonds is 6. The molecule has 112 valence electrons. The highest BCUT2D eigenvalue weighted by molar-refractivity contribution is 14.0. The minimum atomic E-state index is 0. The van der Waals surface area contributed by atoms with Crippen LogP contribution in [0.25, 0.3) is 0 Å². The highest BCUT2D eigenvalue weighted by Crippen LogP contribution is 2.33. The zero-order chi connectivity index (χ0) is 13.5. The fraction of sp³-hybridized carbons (Fsp3) is 0.533. The molecule has 0 heterocycles. The third-order valence-electron chi connectivity index (χ3n) is 3.52. The molecule has 1 aromatic carbocycles. The Bertz CT molecular complexity index is 437. The molecule has 20 heavy (non-hydrogen) atoms. The van der Waals surface area contributed by atoms with Crippen molar-refractivity contribution in [3.05, 3.63) is 35.4 Å². The third kappa shape index (κ3) is 4.63. The molecular formula is C15H24IN3O. The molecule has 1 aliphatic rings. The van der Waals surface area contributed by atoms with Crippen LogP contribution in [0.2, 0.25) is 0 Å². The lowest BCUT2D eigenvalue weighted by Gasteiger charge is -2.30. The van der Waals surface area contributed by atoms with Gasteiger partial charge >= 0.3 is 0 Å². The number of halogens is 1. The second-order valence-electron chi connectivity index (χ2n) is 4.83. The van der Waals surface area contributed by atoms with Crippen LogP contribution in [0.5, 0.6) is 0 Å². The maximum absolute atomic E-state index is 5.02. The maximum Gasteiger partial charge on any atom is 0.190 e. The Morgan fingerprint density at radius 2 is 2.15 bits per heavy atom. The molecule has 0 spiro atoms. The summed E-state index contributed by atoms with van der Waals surface area (Å²) in [5.74, 6) is 1.49. The molecule has 0 saturated heterocycles. The third-order valence-corrected chi connectivity index (χ3v) is 3.52. The van der Waals surface area contributed by atoms with Crippen LogP contribution in [-0.4, -0.2) is 39.8 Å². The van der Waals surface area contributed by atoms with E-state index in [2.05, 4.69) is 39.9 Å². The van der Waals surface area contributed by atoms with Crippen molar-refractivity contribution in [2.24, 2.45) is 4.99 Å². The molecule has 4 nitrogen and oxygen atoms in total. The monoisotopic (exact) mass is 389 g/mol. The zero-order valence-electron chi connectivity index (χ0n) is 12.2. The van der Waals surface area contributed by atoms with Crippen LogP contribution in [0, 0.1) is 0 Å². The van der Waals surface area contributed by atoms with Gasteiger partial charge in [0.05, 0.1) is 0 Å². The average Bonchev–Trinajstić information content (AvgIpc) is 2.42. The normalized spacial score (nSPS) is 16.7. The van der Waals surface area contributed by atoms with E-state index in [9.17, 15) is 0 Å². The molecule has 1 aliphatic carbocycles. The number of guanidine groups is 1. The van der Waals surface area contributed by atoms with Gasteiger partial charge in [-0.2, -0.15) is 0 Å². The molecule has 2 rings (SSSR count). The van der Waals surface area contributed by atoms with Gasteiger partial charge in [0.15, 0.2) is 5.96 Å². The molecule has 0 aliphatic heterocycles. The van der Waals surface area contributed by atoms with E-state index in [-0.39, 0.29) is 24.0 Å². The first-order valence-corrected chi connectivity index (χ1v) is 6.86. The summed E-state index contributed by atoms with van der Waals surface area (Å²) in [4.78, 5) is 4.23. The number of fused-ring (bicyclic) bond motifs is 1. The molecule has 1 aromatic rings. The first-order chi connectivity index (χ1) is 9.35. The topological polar surface area (TPSA) is 45.7 Å². The predicted molar refractivity (Wildman–Crippen MR) is 94.2 cm³/mol. The van der Waals surface area contributed by atoms with Gasteiger partial charge in [-0.1, -0.05) is 24.3 Å². The van der Waals surface area contributed by atoms with E-state index in [1.165, 1.54) is 17.5 Å². The van der Waals surface area contributed by atoms with Gasteiger partial charge < -0.3 is 15.4 Å². The smallest absolute Gasteiger partial charge is 0.190 e. The van der Waals surface area contributed by atoms with Crippen molar-refractivity contribution < 1.29 is 4.74 Å². The molecule has 1 atom stereocenters. The number of aliphatic imine (C=N–C) groups is 1. The van der Waals surface area contributed by atoms with E-state index in [1.807, 2.05) is 0 Å². The lowest BCUT2D eigenvalue weighted by molar-refractivity contribution is 0.195. The zero-order valence-corrected chi connectivity index (χ0v) is 14.5. The Balaban J connectivity index is 0.00000200. The van der Waals surface area contributed by atoms with Crippen LogP contribution in [0.1, 0.15) is 23.5 Å². The van der Waals surface area contributed by atoms with Crippen molar-refractivity contribution >= 4 is 29.9 Å². The van der Waals surface area contributed by atoms with Crippen LogP contribution in [0.3, 0.4) is 0 Å². The summed E-state index contributed by atoms with van der Waals surface area (Å²) >= 11 is 0. The van der Waals surface area contributed by atoms with E-state index in [0.717, 1.165) is 32.1 Å². The number of nitrogens with zero attached hydrogens (tertiary/aromatic N) is 1. The molecular weight excluding hydrogens is 365 g/mol. The molecule has 0 fully saturated rings. The Hall–Kier alpha value is -0.820. The fourth-order valence-corrected chi connectivity index (χ4v) is 2.41. The molecule has 0 saturated carbocycles. The Kier molecular flexibility index (Phi) is 7.91. The van der Waals surface area contributed by atoms with Crippen molar-refractivity contribution in [3.63, 3.8) is 0 Å². The lowest BCUT2D eigenvalue weighted by atomic mass is 9.78. The quantitative estimate of drug-likeness (QED) is 0.339. The SMILES string of the molecule is CN=C(NCCCOC)NCC1Cc2ccccc21.I. The first-order valence-electron chi connectivity index (χ1n) is 6.86. The van der Waals surface area contributed by atoms with Crippen molar-refractivity contribution in [1.82, 2.24) is 10.6 Å². The molecule has 0 amide bonds. The lowest BCUT2D eigenvalue weighted by Crippen LogP contribution is -2.41. The number of methoxy groups -OCH3 is 1. The molecule has 0 aromatic heterocycles. The second-order valence-corrected chi connectivity index (χ2v) is 4.83. The largest absolute Gasteiger partial charge is 0.385 e. The summed E-state index contributed by atoms with van der Waals surface area (Å²) < 4.78 is 5.02. The highest BCUT2D eigenvalue weighted by Gasteiger charge is 2.24. The van der Waals surface area contributed by atoms with E-state index < -0.39 is 0 Å². The van der Waals surface area contributed by atoms with Gasteiger partial charge in [-0.15, -0.1) is 24.0 Å². The number of nitrogens with one attached hydrogen (secondary N) is 2. The van der Waals surface area contributed by atoms with Crippen LogP contribution in [0.4, 0.5) is 0 Å². The van der Waals surface area contributed by atoms with Gasteiger partial charge in [-0.25, -0.2) is 0 Å². The van der Waals surface area contributed by atoms with Crippen LogP contribution >= 0.6 is 24.0 Å². The molecule has 5 heteroatoms. The average molecular weight is 389 g/mol. The van der Waals surface area contributed by atoms with Gasteiger partial charge in [0.25, 0.3) is 0 Å². The molecule has 1 unspecified atom stereocenters. The Morgan fingerprint density at radius 1 is 1.35 bits per heavy atom. The fourth-order valence-electron chi connectivity index (χ4n) is 2.41. The summed E-state index contributed by atoms with van der Waals surface area (Å²) in [7, 11) is 3.53. The van der Waals surface area contributed by atoms with Gasteiger partial charge in [0.1, 0.15) is 0 Å². The summed E-state index contributed by atoms with van der Waals surface area (Å²) in [5.41, 5.74) is 2.96. The van der Waals surface area contributed by atoms with Gasteiger partial charge in [0.2, 0.25) is 0 Å². The van der Waals surface area contributed by atoms with Crippen molar-refractivity contribution in [1.29, 1.82) is 0 Å². The van der Waals surface area contributed by atoms with Crippen molar-refractivity contribution in [2.45, 2.75) is 18.8 Å². The minimum absolute atomic E-state index is 0. The van der Waals surface area contributed by atoms with Crippen LogP contribution in [0.15, 0.2) is 29.3 Å². The summed E-state index contributed by atoms with van der Waals surface area (Å²) in [6.45, 7) is 2.61. The Labute approximate surface area is 138 Å². The van der Waals surface area contributed by atoms with E-state index in [0.29, 0.717) is 5.92 Å². The number of benzene rings is 1. The highest BCUT2D eigenvalue weighted by atomic mass is 127. The minimum Gasteiger partial charge on any atom is -0.385 e. The van der Waals surface area contributed by atoms with Crippen molar-refractivity contribution in [2.75, 3.05) is 33.9 Å². The second kappa shape index (κ2) is 9.18. The maximum atomic E-state index is 5.02.